The second-order valence-electron chi connectivity index (χ2n) is 7.85. The molecule has 27 heavy (non-hydrogen) atoms. The van der Waals surface area contributed by atoms with Gasteiger partial charge in [0.1, 0.15) is 5.56 Å². The third-order valence-electron chi connectivity index (χ3n) is 4.27. The van der Waals surface area contributed by atoms with Gasteiger partial charge in [-0.1, -0.05) is 45.9 Å². The first-order valence-corrected chi connectivity index (χ1v) is 8.51. The highest BCUT2D eigenvalue weighted by Crippen LogP contribution is 2.37. The van der Waals surface area contributed by atoms with Gasteiger partial charge >= 0.3 is 6.18 Å². The average Bonchev–Trinajstić information content (AvgIpc) is 2.93. The molecule has 2 rings (SSSR count). The Bertz CT molecular complexity index is 821. The van der Waals surface area contributed by atoms with Crippen molar-refractivity contribution in [1.29, 1.82) is 0 Å². The summed E-state index contributed by atoms with van der Waals surface area (Å²) in [6, 6.07) is 6.95. The van der Waals surface area contributed by atoms with E-state index in [1.165, 1.54) is 7.05 Å². The summed E-state index contributed by atoms with van der Waals surface area (Å²) >= 11 is 0. The summed E-state index contributed by atoms with van der Waals surface area (Å²) < 4.78 is 53.1. The van der Waals surface area contributed by atoms with Gasteiger partial charge in [0.15, 0.2) is 5.69 Å². The zero-order chi connectivity index (χ0) is 20.6. The Hall–Kier alpha value is -2.38. The van der Waals surface area contributed by atoms with Crippen LogP contribution in [-0.4, -0.2) is 23.2 Å². The number of amides is 1. The van der Waals surface area contributed by atoms with Crippen molar-refractivity contribution < 1.29 is 22.4 Å². The van der Waals surface area contributed by atoms with Gasteiger partial charge in [0.2, 0.25) is 5.95 Å². The molecule has 1 atom stereocenters. The predicted octanol–water partition coefficient (Wildman–Crippen LogP) is 5.38. The SMILES string of the molecule is CC(CC(C)(C)C)c1ccccc1N(C)C(=O)c1c(F)n[nH]c1C(F)(F)F. The molecular weight excluding hydrogens is 362 g/mol. The van der Waals surface area contributed by atoms with Crippen LogP contribution in [-0.2, 0) is 6.18 Å². The number of anilines is 1. The lowest BCUT2D eigenvalue weighted by Gasteiger charge is -2.28. The molecule has 2 aromatic rings. The Morgan fingerprint density at radius 2 is 1.81 bits per heavy atom. The Balaban J connectivity index is 2.44. The van der Waals surface area contributed by atoms with Crippen molar-refractivity contribution in [3.05, 3.63) is 47.0 Å². The zero-order valence-corrected chi connectivity index (χ0v) is 15.9. The fourth-order valence-corrected chi connectivity index (χ4v) is 3.24. The van der Waals surface area contributed by atoms with Crippen molar-refractivity contribution in [2.75, 3.05) is 11.9 Å². The van der Waals surface area contributed by atoms with E-state index < -0.39 is 29.3 Å². The summed E-state index contributed by atoms with van der Waals surface area (Å²) in [5, 5.41) is 4.50. The number of carbonyl (C=O) groups is 1. The van der Waals surface area contributed by atoms with Gasteiger partial charge in [0.25, 0.3) is 5.91 Å². The summed E-state index contributed by atoms with van der Waals surface area (Å²) in [6.45, 7) is 8.23. The number of alkyl halides is 3. The van der Waals surface area contributed by atoms with Crippen LogP contribution >= 0.6 is 0 Å². The lowest BCUT2D eigenvalue weighted by Crippen LogP contribution is -2.30. The maximum atomic E-state index is 13.9. The first kappa shape index (κ1) is 20.9. The smallest absolute Gasteiger partial charge is 0.311 e. The number of rotatable bonds is 4. The van der Waals surface area contributed by atoms with Crippen molar-refractivity contribution in [2.24, 2.45) is 5.41 Å². The number of para-hydroxylation sites is 1. The monoisotopic (exact) mass is 385 g/mol. The second-order valence-corrected chi connectivity index (χ2v) is 7.85. The van der Waals surface area contributed by atoms with Gasteiger partial charge in [-0.2, -0.15) is 17.6 Å². The minimum absolute atomic E-state index is 0.0230. The van der Waals surface area contributed by atoms with E-state index in [0.717, 1.165) is 16.9 Å². The van der Waals surface area contributed by atoms with E-state index in [-0.39, 0.29) is 11.3 Å². The summed E-state index contributed by atoms with van der Waals surface area (Å²) in [5.74, 6) is -2.53. The van der Waals surface area contributed by atoms with Crippen molar-refractivity contribution in [1.82, 2.24) is 10.2 Å². The Labute approximate surface area is 155 Å². The molecule has 1 aromatic heterocycles. The quantitative estimate of drug-likeness (QED) is 0.718. The number of nitrogens with zero attached hydrogens (tertiary/aromatic N) is 2. The molecule has 148 valence electrons. The number of aromatic amines is 1. The first-order valence-electron chi connectivity index (χ1n) is 8.51. The van der Waals surface area contributed by atoms with Crippen LogP contribution in [0, 0.1) is 11.4 Å². The largest absolute Gasteiger partial charge is 0.433 e. The molecule has 0 saturated heterocycles. The molecule has 0 spiro atoms. The second kappa shape index (κ2) is 7.32. The van der Waals surface area contributed by atoms with Crippen LogP contribution in [0.25, 0.3) is 0 Å². The number of aromatic nitrogens is 2. The highest BCUT2D eigenvalue weighted by atomic mass is 19.4. The number of benzene rings is 1. The molecule has 0 bridgehead atoms. The van der Waals surface area contributed by atoms with Gasteiger partial charge in [-0.15, -0.1) is 5.10 Å². The van der Waals surface area contributed by atoms with E-state index in [1.807, 2.05) is 13.0 Å². The van der Waals surface area contributed by atoms with Gasteiger partial charge in [0.05, 0.1) is 0 Å². The minimum Gasteiger partial charge on any atom is -0.311 e. The van der Waals surface area contributed by atoms with Gasteiger partial charge < -0.3 is 4.90 Å². The van der Waals surface area contributed by atoms with Gasteiger partial charge in [0, 0.05) is 12.7 Å². The molecule has 1 unspecified atom stereocenters. The van der Waals surface area contributed by atoms with Crippen molar-refractivity contribution in [3.8, 4) is 0 Å². The number of H-pyrrole nitrogens is 1. The molecule has 0 aliphatic rings. The van der Waals surface area contributed by atoms with E-state index in [2.05, 4.69) is 25.9 Å². The van der Waals surface area contributed by atoms with Crippen molar-refractivity contribution in [2.45, 2.75) is 46.2 Å². The summed E-state index contributed by atoms with van der Waals surface area (Å²) in [4.78, 5) is 13.7. The first-order chi connectivity index (χ1) is 12.3. The van der Waals surface area contributed by atoms with Crippen LogP contribution in [0.4, 0.5) is 23.2 Å². The number of hydrogen-bond acceptors (Lipinski definition) is 2. The lowest BCUT2D eigenvalue weighted by atomic mass is 9.82. The number of carbonyl (C=O) groups excluding carboxylic acids is 1. The van der Waals surface area contributed by atoms with E-state index in [9.17, 15) is 22.4 Å². The maximum Gasteiger partial charge on any atom is 0.433 e. The van der Waals surface area contributed by atoms with E-state index in [1.54, 1.807) is 23.3 Å². The molecule has 0 saturated carbocycles. The third-order valence-corrected chi connectivity index (χ3v) is 4.27. The number of nitrogens with one attached hydrogen (secondary N) is 1. The molecule has 8 heteroatoms. The van der Waals surface area contributed by atoms with E-state index in [0.29, 0.717) is 5.69 Å². The highest BCUT2D eigenvalue weighted by molar-refractivity contribution is 6.07. The maximum absolute atomic E-state index is 13.9. The molecule has 1 heterocycles. The van der Waals surface area contributed by atoms with E-state index in [4.69, 9.17) is 0 Å². The molecule has 1 aromatic carbocycles. The van der Waals surface area contributed by atoms with Crippen LogP contribution in [0.5, 0.6) is 0 Å². The fraction of sp³-hybridized carbons (Fsp3) is 0.474. The molecule has 0 radical (unpaired) electrons. The average molecular weight is 385 g/mol. The van der Waals surface area contributed by atoms with Gasteiger partial charge in [-0.3, -0.25) is 9.89 Å². The standard InChI is InChI=1S/C19H23F4N3O/c1-11(10-18(2,3)4)12-8-6-7-9-13(12)26(5)17(27)14-15(19(21,22)23)24-25-16(14)20/h6-9,11H,10H2,1-5H3,(H,24,25). The molecular formula is C19H23F4N3O. The Morgan fingerprint density at radius 1 is 1.22 bits per heavy atom. The summed E-state index contributed by atoms with van der Waals surface area (Å²) in [5.41, 5.74) is -1.33. The third kappa shape index (κ3) is 4.67. The molecule has 4 nitrogen and oxygen atoms in total. The lowest BCUT2D eigenvalue weighted by molar-refractivity contribution is -0.141. The van der Waals surface area contributed by atoms with Crippen LogP contribution in [0.1, 0.15) is 61.6 Å². The van der Waals surface area contributed by atoms with Crippen molar-refractivity contribution >= 4 is 11.6 Å². The summed E-state index contributed by atoms with van der Waals surface area (Å²) in [7, 11) is 1.33. The topological polar surface area (TPSA) is 49.0 Å². The van der Waals surface area contributed by atoms with Crippen LogP contribution in [0.15, 0.2) is 24.3 Å². The van der Waals surface area contributed by atoms with Crippen LogP contribution < -0.4 is 4.90 Å². The predicted molar refractivity (Wildman–Crippen MR) is 95.2 cm³/mol. The molecule has 0 fully saturated rings. The Kier molecular flexibility index (Phi) is 5.68. The minimum atomic E-state index is -4.91. The number of halogens is 4. The van der Waals surface area contributed by atoms with Gasteiger partial charge in [-0.25, -0.2) is 0 Å². The van der Waals surface area contributed by atoms with Crippen molar-refractivity contribution in [3.63, 3.8) is 0 Å². The molecule has 1 amide bonds. The van der Waals surface area contributed by atoms with Gasteiger partial charge in [-0.05, 0) is 29.4 Å². The molecule has 1 N–H and O–H groups in total. The molecule has 0 aliphatic carbocycles. The van der Waals surface area contributed by atoms with Crippen LogP contribution in [0.3, 0.4) is 0 Å². The zero-order valence-electron chi connectivity index (χ0n) is 15.9. The Morgan fingerprint density at radius 3 is 2.37 bits per heavy atom. The van der Waals surface area contributed by atoms with Crippen LogP contribution in [0.2, 0.25) is 0 Å². The van der Waals surface area contributed by atoms with E-state index >= 15 is 0 Å². The molecule has 0 aliphatic heterocycles. The number of hydrogen-bond donors (Lipinski definition) is 1. The normalized spacial score (nSPS) is 13.5. The fourth-order valence-electron chi connectivity index (χ4n) is 3.24. The highest BCUT2D eigenvalue weighted by Gasteiger charge is 2.41. The summed E-state index contributed by atoms with van der Waals surface area (Å²) in [6.07, 6.45) is -4.11.